The number of carbonyl (C=O) groups excluding carboxylic acids is 2. The Bertz CT molecular complexity index is 872. The maximum Gasteiger partial charge on any atom is 0.321 e. The molecular formula is C24H35N7O2. The molecule has 0 unspecified atom stereocenters. The van der Waals surface area contributed by atoms with Gasteiger partial charge in [0, 0.05) is 44.5 Å². The summed E-state index contributed by atoms with van der Waals surface area (Å²) >= 11 is 0. The molecule has 4 rings (SSSR count). The third-order valence-electron chi connectivity index (χ3n) is 7.28. The molecule has 178 valence electrons. The molecule has 0 radical (unpaired) electrons. The highest BCUT2D eigenvalue weighted by atomic mass is 16.2. The Morgan fingerprint density at radius 2 is 1.88 bits per heavy atom. The highest BCUT2D eigenvalue weighted by Crippen LogP contribution is 2.26. The van der Waals surface area contributed by atoms with Crippen LogP contribution in [0.25, 0.3) is 0 Å². The molecule has 0 bridgehead atoms. The van der Waals surface area contributed by atoms with Gasteiger partial charge in [0.15, 0.2) is 6.19 Å². The Labute approximate surface area is 196 Å². The lowest BCUT2D eigenvalue weighted by molar-refractivity contribution is -0.130. The smallest absolute Gasteiger partial charge is 0.321 e. The number of urea groups is 1. The summed E-state index contributed by atoms with van der Waals surface area (Å²) in [4.78, 5) is 35.7. The van der Waals surface area contributed by atoms with Crippen LogP contribution in [0.3, 0.4) is 0 Å². The number of guanidine groups is 1. The fourth-order valence-electron chi connectivity index (χ4n) is 5.14. The van der Waals surface area contributed by atoms with E-state index in [0.717, 1.165) is 70.3 Å². The first-order valence-corrected chi connectivity index (χ1v) is 12.2. The summed E-state index contributed by atoms with van der Waals surface area (Å²) in [6, 6.07) is 0.158. The average Bonchev–Trinajstić information content (AvgIpc) is 3.00. The minimum absolute atomic E-state index is 0.000706. The van der Waals surface area contributed by atoms with Crippen molar-refractivity contribution in [1.82, 2.24) is 25.3 Å². The number of allylic oxidation sites excluding steroid dienone is 3. The van der Waals surface area contributed by atoms with Crippen molar-refractivity contribution in [3.8, 4) is 6.19 Å². The molecule has 3 heterocycles. The molecule has 2 saturated heterocycles. The average molecular weight is 454 g/mol. The summed E-state index contributed by atoms with van der Waals surface area (Å²) in [5.41, 5.74) is 2.32. The Kier molecular flexibility index (Phi) is 7.53. The fraction of sp³-hybridized carbons (Fsp3) is 0.667. The van der Waals surface area contributed by atoms with E-state index in [0.29, 0.717) is 25.0 Å². The molecule has 1 aliphatic carbocycles. The van der Waals surface area contributed by atoms with Gasteiger partial charge in [0.1, 0.15) is 6.54 Å². The van der Waals surface area contributed by atoms with Gasteiger partial charge in [-0.1, -0.05) is 19.1 Å². The van der Waals surface area contributed by atoms with E-state index in [4.69, 9.17) is 0 Å². The topological polar surface area (TPSA) is 104 Å². The number of carbonyl (C=O) groups is 2. The van der Waals surface area contributed by atoms with Crippen LogP contribution < -0.4 is 10.6 Å². The van der Waals surface area contributed by atoms with Crippen molar-refractivity contribution in [2.45, 2.75) is 57.9 Å². The number of aliphatic imine (C=N–C) groups is 1. The van der Waals surface area contributed by atoms with E-state index in [-0.39, 0.29) is 24.5 Å². The van der Waals surface area contributed by atoms with Crippen LogP contribution in [-0.4, -0.2) is 77.9 Å². The van der Waals surface area contributed by atoms with Crippen molar-refractivity contribution in [2.75, 3.05) is 39.3 Å². The van der Waals surface area contributed by atoms with Crippen LogP contribution in [0, 0.1) is 17.4 Å². The van der Waals surface area contributed by atoms with Gasteiger partial charge in [-0.25, -0.2) is 9.79 Å². The van der Waals surface area contributed by atoms with Crippen LogP contribution in [-0.2, 0) is 4.79 Å². The van der Waals surface area contributed by atoms with Crippen molar-refractivity contribution >= 4 is 17.9 Å². The minimum atomic E-state index is -0.000706. The first kappa shape index (κ1) is 23.1. The number of rotatable bonds is 3. The third-order valence-corrected chi connectivity index (χ3v) is 7.28. The van der Waals surface area contributed by atoms with E-state index in [1.54, 1.807) is 0 Å². The predicted molar refractivity (Wildman–Crippen MR) is 126 cm³/mol. The first-order chi connectivity index (χ1) is 16.0. The van der Waals surface area contributed by atoms with E-state index in [9.17, 15) is 14.9 Å². The van der Waals surface area contributed by atoms with Crippen LogP contribution in [0.1, 0.15) is 51.9 Å². The molecule has 0 aromatic carbocycles. The Hall–Kier alpha value is -3.02. The number of hydrogen-bond acceptors (Lipinski definition) is 4. The number of amides is 3. The van der Waals surface area contributed by atoms with Crippen LogP contribution in [0.5, 0.6) is 0 Å². The number of piperidine rings is 2. The van der Waals surface area contributed by atoms with Gasteiger partial charge < -0.3 is 20.0 Å². The lowest BCUT2D eigenvalue weighted by atomic mass is 9.99. The van der Waals surface area contributed by atoms with E-state index in [2.05, 4.69) is 34.7 Å². The van der Waals surface area contributed by atoms with E-state index in [1.165, 1.54) is 5.57 Å². The number of nitrogens with one attached hydrogen (secondary N) is 2. The van der Waals surface area contributed by atoms with Crippen LogP contribution in [0.2, 0.25) is 0 Å². The molecule has 0 saturated carbocycles. The predicted octanol–water partition coefficient (Wildman–Crippen LogP) is 2.16. The van der Waals surface area contributed by atoms with Crippen LogP contribution >= 0.6 is 0 Å². The number of likely N-dealkylation sites (tertiary alicyclic amines) is 2. The molecule has 0 spiro atoms. The maximum atomic E-state index is 12.9. The second-order valence-corrected chi connectivity index (χ2v) is 9.48. The molecule has 0 aromatic heterocycles. The zero-order chi connectivity index (χ0) is 23.2. The Balaban J connectivity index is 1.31. The molecule has 9 heteroatoms. The second-order valence-electron chi connectivity index (χ2n) is 9.48. The van der Waals surface area contributed by atoms with Crippen molar-refractivity contribution in [3.63, 3.8) is 0 Å². The molecule has 0 aromatic rings. The summed E-state index contributed by atoms with van der Waals surface area (Å²) in [5.74, 6) is 1.14. The SMILES string of the molecule is CC1CCN(C(=O)CN=C(NC#N)N2CCC(N3CCC4=C(CCC=C4)NC3=O)CC2)CC1. The van der Waals surface area contributed by atoms with Crippen molar-refractivity contribution in [1.29, 1.82) is 5.26 Å². The molecule has 33 heavy (non-hydrogen) atoms. The Morgan fingerprint density at radius 1 is 1.15 bits per heavy atom. The summed E-state index contributed by atoms with van der Waals surface area (Å²) in [6.07, 6.45) is 12.7. The summed E-state index contributed by atoms with van der Waals surface area (Å²) in [6.45, 7) is 5.93. The van der Waals surface area contributed by atoms with Gasteiger partial charge in [-0.05, 0) is 56.4 Å². The molecule has 3 aliphatic heterocycles. The quantitative estimate of drug-likeness (QED) is 0.295. The highest BCUT2D eigenvalue weighted by Gasteiger charge is 2.31. The van der Waals surface area contributed by atoms with Crippen molar-refractivity contribution < 1.29 is 9.59 Å². The van der Waals surface area contributed by atoms with Crippen molar-refractivity contribution in [2.24, 2.45) is 10.9 Å². The molecular weight excluding hydrogens is 418 g/mol. The van der Waals surface area contributed by atoms with Gasteiger partial charge >= 0.3 is 6.03 Å². The van der Waals surface area contributed by atoms with Crippen molar-refractivity contribution in [3.05, 3.63) is 23.4 Å². The lowest BCUT2D eigenvalue weighted by Gasteiger charge is -2.38. The summed E-state index contributed by atoms with van der Waals surface area (Å²) in [7, 11) is 0. The second kappa shape index (κ2) is 10.7. The van der Waals surface area contributed by atoms with E-state index in [1.807, 2.05) is 20.9 Å². The minimum Gasteiger partial charge on any atom is -0.342 e. The van der Waals surface area contributed by atoms with Gasteiger partial charge in [-0.2, -0.15) is 5.26 Å². The molecule has 0 atom stereocenters. The van der Waals surface area contributed by atoms with E-state index >= 15 is 0 Å². The first-order valence-electron chi connectivity index (χ1n) is 12.2. The number of hydrogen-bond donors (Lipinski definition) is 2. The van der Waals surface area contributed by atoms with Gasteiger partial charge in [0.05, 0.1) is 0 Å². The maximum absolute atomic E-state index is 12.9. The number of nitrogens with zero attached hydrogens (tertiary/aromatic N) is 5. The monoisotopic (exact) mass is 453 g/mol. The largest absolute Gasteiger partial charge is 0.342 e. The number of nitriles is 1. The summed E-state index contributed by atoms with van der Waals surface area (Å²) in [5, 5.41) is 15.0. The summed E-state index contributed by atoms with van der Waals surface area (Å²) < 4.78 is 0. The zero-order valence-electron chi connectivity index (χ0n) is 19.6. The molecule has 4 aliphatic rings. The molecule has 2 N–H and O–H groups in total. The molecule has 9 nitrogen and oxygen atoms in total. The fourth-order valence-corrected chi connectivity index (χ4v) is 5.14. The highest BCUT2D eigenvalue weighted by molar-refractivity contribution is 5.86. The van der Waals surface area contributed by atoms with Gasteiger partial charge in [-0.3, -0.25) is 10.1 Å². The third kappa shape index (κ3) is 5.67. The van der Waals surface area contributed by atoms with Gasteiger partial charge in [0.25, 0.3) is 0 Å². The van der Waals surface area contributed by atoms with Crippen LogP contribution in [0.4, 0.5) is 4.79 Å². The molecule has 2 fully saturated rings. The lowest BCUT2D eigenvalue weighted by Crippen LogP contribution is -2.52. The standard InChI is InChI=1S/C24H35N7O2/c1-18-6-11-29(12-7-18)22(32)16-26-23(27-17-25)30-13-9-20(10-14-30)31-15-8-19-4-2-3-5-21(19)28-24(31)33/h2,4,18,20H,3,5-16H2,1H3,(H,26,27)(H,28,33). The normalized spacial score (nSPS) is 23.1. The van der Waals surface area contributed by atoms with Crippen LogP contribution in [0.15, 0.2) is 28.4 Å². The van der Waals surface area contributed by atoms with Gasteiger partial charge in [-0.15, -0.1) is 0 Å². The van der Waals surface area contributed by atoms with Gasteiger partial charge in [0.2, 0.25) is 11.9 Å². The Morgan fingerprint density at radius 3 is 2.61 bits per heavy atom. The molecule has 3 amide bonds. The van der Waals surface area contributed by atoms with E-state index < -0.39 is 0 Å². The zero-order valence-corrected chi connectivity index (χ0v) is 19.6.